The highest BCUT2D eigenvalue weighted by molar-refractivity contribution is 6.12. The molecule has 2 nitrogen and oxygen atoms in total. The third-order valence-corrected chi connectivity index (χ3v) is 20.6. The van der Waals surface area contributed by atoms with Gasteiger partial charge in [0.05, 0.1) is 11.4 Å². The van der Waals surface area contributed by atoms with E-state index in [2.05, 4.69) is 196 Å². The molecule has 1 heterocycles. The minimum atomic E-state index is -0.179. The van der Waals surface area contributed by atoms with E-state index in [4.69, 9.17) is 9.97 Å². The molecule has 1 aromatic heterocycles. The summed E-state index contributed by atoms with van der Waals surface area (Å²) in [5.74, 6) is 4.03. The summed E-state index contributed by atoms with van der Waals surface area (Å²) in [6.07, 6.45) is 10.5. The lowest BCUT2D eigenvalue weighted by molar-refractivity contribution is -0.144. The van der Waals surface area contributed by atoms with E-state index in [0.717, 1.165) is 45.7 Å². The molecule has 17 rings (SSSR count). The van der Waals surface area contributed by atoms with E-state index in [0.29, 0.717) is 17.3 Å². The van der Waals surface area contributed by atoms with Crippen LogP contribution in [0.2, 0.25) is 0 Å². The number of rotatable bonds is 4. The van der Waals surface area contributed by atoms with Crippen LogP contribution in [-0.4, -0.2) is 9.97 Å². The monoisotopic (exact) mass is 936 g/mol. The molecule has 7 aliphatic rings. The van der Waals surface area contributed by atoms with Gasteiger partial charge in [0.1, 0.15) is 0 Å². The highest BCUT2D eigenvalue weighted by atomic mass is 14.9. The van der Waals surface area contributed by atoms with Crippen molar-refractivity contribution in [2.75, 3.05) is 0 Å². The lowest BCUT2D eigenvalue weighted by Crippen LogP contribution is -2.58. The van der Waals surface area contributed by atoms with Crippen LogP contribution in [0.4, 0.5) is 0 Å². The number of benzene rings is 9. The lowest BCUT2D eigenvalue weighted by atomic mass is 9.37. The zero-order valence-corrected chi connectivity index (χ0v) is 41.7. The van der Waals surface area contributed by atoms with Gasteiger partial charge in [-0.05, 0) is 203 Å². The van der Waals surface area contributed by atoms with Gasteiger partial charge in [0.2, 0.25) is 0 Å². The maximum absolute atomic E-state index is 5.63. The minimum Gasteiger partial charge on any atom is -0.228 e. The highest BCUT2D eigenvalue weighted by Gasteiger charge is 2.70. The molecule has 0 amide bonds. The van der Waals surface area contributed by atoms with Crippen LogP contribution in [0, 0.1) is 17.3 Å². The molecule has 0 saturated heterocycles. The molecule has 9 aromatic carbocycles. The first kappa shape index (κ1) is 41.1. The van der Waals surface area contributed by atoms with E-state index in [1.54, 1.807) is 11.1 Å². The highest BCUT2D eigenvalue weighted by Crippen LogP contribution is 2.80. The second-order valence-corrected chi connectivity index (χ2v) is 24.0. The van der Waals surface area contributed by atoms with E-state index < -0.39 is 0 Å². The normalized spacial score (nSPS) is 23.3. The third-order valence-electron chi connectivity index (χ3n) is 20.6. The molecule has 0 aliphatic heterocycles. The van der Waals surface area contributed by atoms with Crippen LogP contribution in [0.1, 0.15) is 110 Å². The Hall–Kier alpha value is -7.42. The first-order valence-corrected chi connectivity index (χ1v) is 27.4. The van der Waals surface area contributed by atoms with E-state index in [1.165, 1.54) is 140 Å². The van der Waals surface area contributed by atoms with Crippen LogP contribution >= 0.6 is 0 Å². The molecule has 2 spiro atoms. The third kappa shape index (κ3) is 5.39. The van der Waals surface area contributed by atoms with Gasteiger partial charge >= 0.3 is 0 Å². The van der Waals surface area contributed by atoms with Gasteiger partial charge in [-0.2, -0.15) is 0 Å². The van der Waals surface area contributed by atoms with Crippen molar-refractivity contribution in [2.45, 2.75) is 87.9 Å². The van der Waals surface area contributed by atoms with E-state index in [1.807, 2.05) is 0 Å². The Morgan fingerprint density at radius 3 is 1.88 bits per heavy atom. The molecular weight excluding hydrogens is 881 g/mol. The van der Waals surface area contributed by atoms with Gasteiger partial charge in [-0.15, -0.1) is 0 Å². The zero-order valence-electron chi connectivity index (χ0n) is 41.7. The molecule has 0 N–H and O–H groups in total. The minimum absolute atomic E-state index is 0.0655. The molecule has 4 saturated carbocycles. The van der Waals surface area contributed by atoms with Crippen molar-refractivity contribution in [3.05, 3.63) is 215 Å². The fourth-order valence-corrected chi connectivity index (χ4v) is 17.2. The fourth-order valence-electron chi connectivity index (χ4n) is 17.2. The van der Waals surface area contributed by atoms with Crippen molar-refractivity contribution in [3.63, 3.8) is 0 Å². The van der Waals surface area contributed by atoms with Crippen molar-refractivity contribution in [2.24, 2.45) is 17.3 Å². The molecule has 4 fully saturated rings. The summed E-state index contributed by atoms with van der Waals surface area (Å²) in [5.41, 5.74) is 25.6. The summed E-state index contributed by atoms with van der Waals surface area (Å²) < 4.78 is 0. The van der Waals surface area contributed by atoms with Crippen LogP contribution in [0.5, 0.6) is 0 Å². The molecule has 2 heteroatoms. The Labute approximate surface area is 428 Å². The molecule has 10 aromatic rings. The average molecular weight is 937 g/mol. The summed E-state index contributed by atoms with van der Waals surface area (Å²) in [6, 6.07) is 70.0. The van der Waals surface area contributed by atoms with E-state index >= 15 is 0 Å². The van der Waals surface area contributed by atoms with Crippen LogP contribution < -0.4 is 0 Å². The molecule has 0 radical (unpaired) electrons. The van der Waals surface area contributed by atoms with Crippen molar-refractivity contribution >= 4 is 21.5 Å². The standard InChI is InChI=1S/C71H56N2/c1-69(2)60-28-24-46(34-59(60)57-26-22-42(35-62(57)69)41-21-25-56-58(33-41)53-18-8-7-15-50(53)47-32-48-37-49-38-64(56)71(48,49)40-47)68-72-65(39-66(73-68)67-51-16-5-3-13-43(51)31-44-14-4-6-17-52(44)67)45-23-27-55-54-19-9-10-20-61(54)70(63(55)36-45)29-11-12-30-70/h3-10,13-28,31,33-36,39,47-49,64H,11-12,29-30,32,37-38,40H2,1-2H3. The Morgan fingerprint density at radius 1 is 0.425 bits per heavy atom. The quantitative estimate of drug-likeness (QED) is 0.164. The molecule has 5 atom stereocenters. The largest absolute Gasteiger partial charge is 0.228 e. The summed E-state index contributed by atoms with van der Waals surface area (Å²) in [6.45, 7) is 4.83. The first-order chi connectivity index (χ1) is 35.8. The number of hydrogen-bond acceptors (Lipinski definition) is 2. The van der Waals surface area contributed by atoms with Gasteiger partial charge in [-0.1, -0.05) is 172 Å². The van der Waals surface area contributed by atoms with Crippen LogP contribution in [0.25, 0.3) is 100.0 Å². The summed E-state index contributed by atoms with van der Waals surface area (Å²) in [4.78, 5) is 11.2. The van der Waals surface area contributed by atoms with Crippen molar-refractivity contribution in [1.29, 1.82) is 0 Å². The smallest absolute Gasteiger partial charge is 0.160 e. The van der Waals surface area contributed by atoms with Gasteiger partial charge < -0.3 is 0 Å². The number of aromatic nitrogens is 2. The Bertz CT molecular complexity index is 4020. The average Bonchev–Trinajstić information content (AvgIpc) is 4.20. The Morgan fingerprint density at radius 2 is 1.05 bits per heavy atom. The van der Waals surface area contributed by atoms with Crippen LogP contribution in [0.15, 0.2) is 182 Å². The summed E-state index contributed by atoms with van der Waals surface area (Å²) in [5, 5.41) is 4.84. The predicted octanol–water partition coefficient (Wildman–Crippen LogP) is 18.3. The fraction of sp³-hybridized carbons (Fsp3) is 0.239. The van der Waals surface area contributed by atoms with E-state index in [9.17, 15) is 0 Å². The number of hydrogen-bond donors (Lipinski definition) is 0. The molecule has 5 unspecified atom stereocenters. The molecule has 73 heavy (non-hydrogen) atoms. The molecule has 2 bridgehead atoms. The van der Waals surface area contributed by atoms with Gasteiger partial charge in [0.15, 0.2) is 5.82 Å². The molecular formula is C71H56N2. The van der Waals surface area contributed by atoms with Gasteiger partial charge in [0.25, 0.3) is 0 Å². The number of fused-ring (bicyclic) bond motifs is 16. The first-order valence-electron chi connectivity index (χ1n) is 27.4. The SMILES string of the molecule is CC1(C)c2ccc(-c3nc(-c4ccc5c(c4)C4(CCCC4)c4ccccc4-5)cc(-c4c5ccccc5cc5ccccc45)n3)cc2-c2ccc(-c3ccc4c(c3)-c3ccccc3C3CC5CC6CC4C56C3)cc21. The second-order valence-electron chi connectivity index (χ2n) is 24.0. The van der Waals surface area contributed by atoms with Crippen molar-refractivity contribution < 1.29 is 0 Å². The molecule has 350 valence electrons. The Kier molecular flexibility index (Phi) is 8.11. The number of nitrogens with zero attached hydrogens (tertiary/aromatic N) is 2. The maximum atomic E-state index is 5.63. The van der Waals surface area contributed by atoms with Crippen molar-refractivity contribution in [3.8, 4) is 78.4 Å². The van der Waals surface area contributed by atoms with Gasteiger partial charge in [0, 0.05) is 27.5 Å². The maximum Gasteiger partial charge on any atom is 0.160 e. The summed E-state index contributed by atoms with van der Waals surface area (Å²) >= 11 is 0. The second kappa shape index (κ2) is 14.4. The zero-order chi connectivity index (χ0) is 48.0. The Balaban J connectivity index is 0.810. The van der Waals surface area contributed by atoms with Crippen molar-refractivity contribution in [1.82, 2.24) is 9.97 Å². The van der Waals surface area contributed by atoms with Crippen LogP contribution in [-0.2, 0) is 10.8 Å². The van der Waals surface area contributed by atoms with Crippen LogP contribution in [0.3, 0.4) is 0 Å². The lowest BCUT2D eigenvalue weighted by Gasteiger charge is -2.67. The van der Waals surface area contributed by atoms with Gasteiger partial charge in [-0.3, -0.25) is 0 Å². The molecule has 7 aliphatic carbocycles. The van der Waals surface area contributed by atoms with Gasteiger partial charge in [-0.25, -0.2) is 9.97 Å². The predicted molar refractivity (Wildman–Crippen MR) is 300 cm³/mol. The topological polar surface area (TPSA) is 25.8 Å². The summed E-state index contributed by atoms with van der Waals surface area (Å²) in [7, 11) is 0. The van der Waals surface area contributed by atoms with E-state index in [-0.39, 0.29) is 10.8 Å².